The minimum absolute atomic E-state index is 1.26. The topological polar surface area (TPSA) is 0 Å². The first-order chi connectivity index (χ1) is 20.9. The van der Waals surface area contributed by atoms with E-state index >= 15 is 0 Å². The number of hydrogen-bond acceptors (Lipinski definition) is 0. The molecule has 0 N–H and O–H groups in total. The highest BCUT2D eigenvalue weighted by Gasteiger charge is 2.34. The summed E-state index contributed by atoms with van der Waals surface area (Å²) in [7, 11) is 0. The lowest BCUT2D eigenvalue weighted by Crippen LogP contribution is -1.94. The van der Waals surface area contributed by atoms with Crippen LogP contribution in [0.25, 0.3) is 99.1 Å². The van der Waals surface area contributed by atoms with E-state index in [0.717, 1.165) is 0 Å². The van der Waals surface area contributed by atoms with Crippen molar-refractivity contribution in [3.8, 4) is 66.8 Å². The van der Waals surface area contributed by atoms with E-state index in [0.29, 0.717) is 0 Å². The molecule has 10 rings (SSSR count). The molecule has 0 saturated heterocycles. The van der Waals surface area contributed by atoms with E-state index < -0.39 is 0 Å². The number of rotatable bonds is 2. The summed E-state index contributed by atoms with van der Waals surface area (Å²) >= 11 is 0. The van der Waals surface area contributed by atoms with Gasteiger partial charge in [0.25, 0.3) is 0 Å². The quantitative estimate of drug-likeness (QED) is 0.196. The van der Waals surface area contributed by atoms with E-state index in [4.69, 9.17) is 0 Å². The largest absolute Gasteiger partial charge is 0.0622 e. The van der Waals surface area contributed by atoms with E-state index in [2.05, 4.69) is 146 Å². The number of benzene rings is 8. The lowest BCUT2D eigenvalue weighted by Gasteiger charge is -2.21. The molecule has 42 heavy (non-hydrogen) atoms. The summed E-state index contributed by atoms with van der Waals surface area (Å²) in [4.78, 5) is 0. The highest BCUT2D eigenvalue weighted by Crippen LogP contribution is 2.61. The highest BCUT2D eigenvalue weighted by molar-refractivity contribution is 6.32. The van der Waals surface area contributed by atoms with Crippen LogP contribution in [0.2, 0.25) is 0 Å². The van der Waals surface area contributed by atoms with Crippen molar-refractivity contribution in [1.82, 2.24) is 0 Å². The van der Waals surface area contributed by atoms with Crippen LogP contribution in [0, 0.1) is 0 Å². The fraction of sp³-hybridized carbons (Fsp3) is 0. The van der Waals surface area contributed by atoms with Gasteiger partial charge in [0, 0.05) is 0 Å². The summed E-state index contributed by atoms with van der Waals surface area (Å²) in [6.45, 7) is 0. The second-order valence-corrected chi connectivity index (χ2v) is 11.6. The minimum atomic E-state index is 1.26. The van der Waals surface area contributed by atoms with Crippen molar-refractivity contribution < 1.29 is 0 Å². The first-order valence-electron chi connectivity index (χ1n) is 14.7. The van der Waals surface area contributed by atoms with Crippen molar-refractivity contribution in [2.24, 2.45) is 0 Å². The molecular weight excluding hydrogens is 504 g/mol. The molecule has 0 nitrogen and oxygen atoms in total. The molecule has 8 aromatic rings. The maximum absolute atomic E-state index is 2.42. The summed E-state index contributed by atoms with van der Waals surface area (Å²) in [6, 6.07) is 54.1. The Balaban J connectivity index is 1.46. The summed E-state index contributed by atoms with van der Waals surface area (Å²) in [5.41, 5.74) is 16.0. The van der Waals surface area contributed by atoms with Gasteiger partial charge in [0.15, 0.2) is 0 Å². The average molecular weight is 529 g/mol. The van der Waals surface area contributed by atoms with Crippen LogP contribution in [0.3, 0.4) is 0 Å². The van der Waals surface area contributed by atoms with Crippen molar-refractivity contribution in [3.05, 3.63) is 146 Å². The third-order valence-corrected chi connectivity index (χ3v) is 9.51. The van der Waals surface area contributed by atoms with Crippen LogP contribution in [0.15, 0.2) is 146 Å². The van der Waals surface area contributed by atoms with E-state index in [-0.39, 0.29) is 0 Å². The van der Waals surface area contributed by atoms with Crippen molar-refractivity contribution in [1.29, 1.82) is 0 Å². The third kappa shape index (κ3) is 2.77. The number of fused-ring (bicyclic) bond motifs is 8. The van der Waals surface area contributed by atoms with Crippen molar-refractivity contribution in [2.75, 3.05) is 0 Å². The molecule has 0 radical (unpaired) electrons. The van der Waals surface area contributed by atoms with E-state index in [1.54, 1.807) is 0 Å². The van der Waals surface area contributed by atoms with E-state index in [1.165, 1.54) is 99.1 Å². The molecule has 2 aliphatic rings. The predicted molar refractivity (Wildman–Crippen MR) is 179 cm³/mol. The van der Waals surface area contributed by atoms with Gasteiger partial charge in [-0.05, 0) is 111 Å². The SMILES string of the molecule is c1ccc(-c2c3c(c(-c4ccccc4)c4cc5ccccc5cc24)-c2ccc4c5c(ccc-3c25)-c2ccccc2-4)cc1. The van der Waals surface area contributed by atoms with Crippen LogP contribution >= 0.6 is 0 Å². The lowest BCUT2D eigenvalue weighted by molar-refractivity contribution is 1.62. The molecule has 0 aromatic heterocycles. The first kappa shape index (κ1) is 22.3. The van der Waals surface area contributed by atoms with Gasteiger partial charge in [-0.15, -0.1) is 0 Å². The Bertz CT molecular complexity index is 2260. The van der Waals surface area contributed by atoms with Crippen molar-refractivity contribution in [3.63, 3.8) is 0 Å². The Morgan fingerprint density at radius 3 is 1.12 bits per heavy atom. The van der Waals surface area contributed by atoms with Crippen LogP contribution in [-0.4, -0.2) is 0 Å². The Kier molecular flexibility index (Phi) is 4.27. The molecule has 0 fully saturated rings. The van der Waals surface area contributed by atoms with Gasteiger partial charge in [0.05, 0.1) is 0 Å². The van der Waals surface area contributed by atoms with Gasteiger partial charge in [-0.25, -0.2) is 0 Å². The summed E-state index contributed by atoms with van der Waals surface area (Å²) in [5.74, 6) is 0. The van der Waals surface area contributed by atoms with Crippen LogP contribution in [0.4, 0.5) is 0 Å². The second kappa shape index (κ2) is 8.06. The normalized spacial score (nSPS) is 12.3. The second-order valence-electron chi connectivity index (χ2n) is 11.6. The molecule has 0 unspecified atom stereocenters. The van der Waals surface area contributed by atoms with Gasteiger partial charge < -0.3 is 0 Å². The summed E-state index contributed by atoms with van der Waals surface area (Å²) < 4.78 is 0. The predicted octanol–water partition coefficient (Wildman–Crippen LogP) is 11.8. The standard InChI is InChI=1S/C42H24/c1-3-11-25(12-4-1)37-35-23-27-15-7-8-16-28(27)24-36(35)38(26-13-5-2-6-14-26)42-34-22-20-32-30-18-10-9-17-29(30)31-19-21-33(41(37)42)40(34)39(31)32/h1-24H. The van der Waals surface area contributed by atoms with Gasteiger partial charge in [-0.1, -0.05) is 133 Å². The van der Waals surface area contributed by atoms with Gasteiger partial charge in [0.1, 0.15) is 0 Å². The Morgan fingerprint density at radius 1 is 0.262 bits per heavy atom. The average Bonchev–Trinajstić information content (AvgIpc) is 3.56. The fourth-order valence-corrected chi connectivity index (χ4v) is 7.84. The molecule has 0 saturated carbocycles. The Hall–Kier alpha value is -5.46. The molecule has 8 aromatic carbocycles. The molecule has 0 heterocycles. The first-order valence-corrected chi connectivity index (χ1v) is 14.7. The summed E-state index contributed by atoms with van der Waals surface area (Å²) in [6.07, 6.45) is 0. The highest BCUT2D eigenvalue weighted by atomic mass is 14.4. The Labute approximate surface area is 244 Å². The van der Waals surface area contributed by atoms with Crippen LogP contribution in [0.1, 0.15) is 0 Å². The molecule has 0 atom stereocenters. The van der Waals surface area contributed by atoms with Gasteiger partial charge in [-0.2, -0.15) is 0 Å². The molecule has 2 aliphatic carbocycles. The maximum atomic E-state index is 2.42. The van der Waals surface area contributed by atoms with Gasteiger partial charge >= 0.3 is 0 Å². The zero-order valence-electron chi connectivity index (χ0n) is 22.9. The summed E-state index contributed by atoms with van der Waals surface area (Å²) in [5, 5.41) is 7.95. The minimum Gasteiger partial charge on any atom is -0.0622 e. The third-order valence-electron chi connectivity index (χ3n) is 9.51. The Morgan fingerprint density at radius 2 is 0.643 bits per heavy atom. The molecule has 0 bridgehead atoms. The number of hydrogen-bond donors (Lipinski definition) is 0. The lowest BCUT2D eigenvalue weighted by atomic mass is 9.82. The van der Waals surface area contributed by atoms with Gasteiger partial charge in [-0.3, -0.25) is 0 Å². The van der Waals surface area contributed by atoms with Crippen LogP contribution in [0.5, 0.6) is 0 Å². The van der Waals surface area contributed by atoms with Crippen molar-refractivity contribution in [2.45, 2.75) is 0 Å². The fourth-order valence-electron chi connectivity index (χ4n) is 7.84. The maximum Gasteiger partial charge on any atom is -0.000740 e. The molecule has 0 amide bonds. The molecule has 0 heteroatoms. The molecular formula is C42H24. The van der Waals surface area contributed by atoms with Crippen LogP contribution in [-0.2, 0) is 0 Å². The molecule has 0 aliphatic heterocycles. The molecule has 192 valence electrons. The van der Waals surface area contributed by atoms with E-state index in [1.807, 2.05) is 0 Å². The zero-order valence-corrected chi connectivity index (χ0v) is 22.9. The zero-order chi connectivity index (χ0) is 27.4. The molecule has 0 spiro atoms. The van der Waals surface area contributed by atoms with Crippen LogP contribution < -0.4 is 0 Å². The monoisotopic (exact) mass is 528 g/mol. The van der Waals surface area contributed by atoms with Gasteiger partial charge in [0.2, 0.25) is 0 Å². The van der Waals surface area contributed by atoms with E-state index in [9.17, 15) is 0 Å². The smallest absolute Gasteiger partial charge is 0.000740 e. The van der Waals surface area contributed by atoms with Crippen molar-refractivity contribution >= 4 is 32.3 Å².